The van der Waals surface area contributed by atoms with Gasteiger partial charge in [-0.15, -0.1) is 11.6 Å². The van der Waals surface area contributed by atoms with Gasteiger partial charge in [-0.05, 0) is 139 Å². The van der Waals surface area contributed by atoms with Gasteiger partial charge in [-0.2, -0.15) is 13.2 Å². The quantitative estimate of drug-likeness (QED) is 0.161. The van der Waals surface area contributed by atoms with E-state index in [1.54, 1.807) is 13.8 Å². The highest BCUT2D eigenvalue weighted by Gasteiger charge is 2.45. The molecule has 3 aliphatic carbocycles. The summed E-state index contributed by atoms with van der Waals surface area (Å²) in [5, 5.41) is 8.51. The number of likely N-dealkylation sites (N-methyl/N-ethyl adjacent to an activating group) is 8. The van der Waals surface area contributed by atoms with Crippen LogP contribution in [0.5, 0.6) is 0 Å². The molecule has 0 bridgehead atoms. The Morgan fingerprint density at radius 3 is 1.52 bits per heavy atom. The molecule has 0 aromatic carbocycles. The zero-order valence-electron chi connectivity index (χ0n) is 59.3. The summed E-state index contributed by atoms with van der Waals surface area (Å²) in [7, 11) is 11.5. The number of hydrogen-bond donors (Lipinski definition) is 3. The molecule has 0 radical (unpaired) electrons. The predicted molar refractivity (Wildman–Crippen MR) is 354 cm³/mol. The lowest BCUT2D eigenvalue weighted by Crippen LogP contribution is -2.60. The molecule has 26 heteroatoms. The number of hydrogen-bond acceptors (Lipinski definition) is 11. The van der Waals surface area contributed by atoms with Gasteiger partial charge in [0.25, 0.3) is 0 Å². The fourth-order valence-corrected chi connectivity index (χ4v) is 14.0. The van der Waals surface area contributed by atoms with Gasteiger partial charge in [0.05, 0.1) is 25.6 Å². The monoisotopic (exact) mass is 1350 g/mol. The van der Waals surface area contributed by atoms with Crippen LogP contribution >= 0.6 is 11.6 Å². The summed E-state index contributed by atoms with van der Waals surface area (Å²) in [5.74, 6) is -9.11. The van der Waals surface area contributed by atoms with E-state index in [1.165, 1.54) is 87.8 Å². The van der Waals surface area contributed by atoms with Gasteiger partial charge < -0.3 is 55.1 Å². The molecule has 4 fully saturated rings. The lowest BCUT2D eigenvalue weighted by molar-refractivity contribution is -0.184. The van der Waals surface area contributed by atoms with E-state index in [-0.39, 0.29) is 106 Å². The molecular formula is C68H115ClF3N11O11. The lowest BCUT2D eigenvalue weighted by Gasteiger charge is -2.40. The number of amides is 11. The van der Waals surface area contributed by atoms with Gasteiger partial charge in [0.2, 0.25) is 65.0 Å². The second kappa shape index (κ2) is 37.1. The van der Waals surface area contributed by atoms with Crippen LogP contribution in [0.25, 0.3) is 0 Å². The Balaban J connectivity index is 1.84. The van der Waals surface area contributed by atoms with Crippen LogP contribution in [-0.4, -0.2) is 240 Å². The van der Waals surface area contributed by atoms with Crippen LogP contribution in [0.3, 0.4) is 0 Å². The molecule has 1 heterocycles. The predicted octanol–water partition coefficient (Wildman–Crippen LogP) is 6.84. The van der Waals surface area contributed by atoms with E-state index in [2.05, 4.69) is 16.0 Å². The first-order valence-corrected chi connectivity index (χ1v) is 35.0. The average molecular weight is 1360 g/mol. The molecule has 1 aliphatic heterocycles. The first-order valence-electron chi connectivity index (χ1n) is 34.5. The summed E-state index contributed by atoms with van der Waals surface area (Å²) in [5.41, 5.74) is 0. The molecule has 4 aliphatic rings. The molecule has 0 aromatic heterocycles. The van der Waals surface area contributed by atoms with Crippen LogP contribution < -0.4 is 16.0 Å². The number of nitrogens with one attached hydrogen (secondary N) is 3. The average Bonchev–Trinajstić information content (AvgIpc) is 0.896. The molecule has 9 atom stereocenters. The summed E-state index contributed by atoms with van der Waals surface area (Å²) < 4.78 is 41.5. The first kappa shape index (κ1) is 80.7. The number of alkyl halides is 4. The smallest absolute Gasteiger partial charge is 0.351 e. The molecule has 536 valence electrons. The second-order valence-corrected chi connectivity index (χ2v) is 29.6. The zero-order chi connectivity index (χ0) is 70.8. The molecule has 0 spiro atoms. The molecule has 94 heavy (non-hydrogen) atoms. The van der Waals surface area contributed by atoms with Crippen LogP contribution in [0.1, 0.15) is 190 Å². The van der Waals surface area contributed by atoms with Crippen LogP contribution in [0.4, 0.5) is 13.2 Å². The highest BCUT2D eigenvalue weighted by Crippen LogP contribution is 2.41. The topological polar surface area (TPSA) is 250 Å². The highest BCUT2D eigenvalue weighted by atomic mass is 35.5. The van der Waals surface area contributed by atoms with Crippen LogP contribution in [-0.2, 0) is 52.7 Å². The zero-order valence-corrected chi connectivity index (χ0v) is 60.0. The second-order valence-electron chi connectivity index (χ2n) is 29.0. The molecular weight excluding hydrogens is 1240 g/mol. The van der Waals surface area contributed by atoms with E-state index in [1.807, 2.05) is 34.6 Å². The molecule has 4 rings (SSSR count). The Bertz CT molecular complexity index is 2580. The van der Waals surface area contributed by atoms with Crippen LogP contribution in [0, 0.1) is 41.4 Å². The fraction of sp³-hybridized carbons (Fsp3) is 0.838. The van der Waals surface area contributed by atoms with Crippen molar-refractivity contribution >= 4 is 76.6 Å². The number of halogens is 4. The van der Waals surface area contributed by atoms with Crippen molar-refractivity contribution in [1.82, 2.24) is 55.1 Å². The molecule has 22 nitrogen and oxygen atoms in total. The Labute approximate surface area is 562 Å². The highest BCUT2D eigenvalue weighted by molar-refractivity contribution is 6.20. The van der Waals surface area contributed by atoms with Crippen molar-refractivity contribution in [3.05, 3.63) is 0 Å². The van der Waals surface area contributed by atoms with Gasteiger partial charge in [-0.1, -0.05) is 80.1 Å². The maximum absolute atomic E-state index is 15.5. The molecule has 1 saturated heterocycles. The number of nitrogens with zero attached hydrogens (tertiary/aromatic N) is 8. The summed E-state index contributed by atoms with van der Waals surface area (Å²) in [6.45, 7) is 12.7. The molecule has 3 saturated carbocycles. The minimum Gasteiger partial charge on any atom is -0.351 e. The lowest BCUT2D eigenvalue weighted by atomic mass is 9.79. The Morgan fingerprint density at radius 2 is 0.968 bits per heavy atom. The largest absolute Gasteiger partial charge is 0.391 e. The molecule has 0 aromatic rings. The van der Waals surface area contributed by atoms with E-state index in [0.717, 1.165) is 46.8 Å². The van der Waals surface area contributed by atoms with Gasteiger partial charge >= 0.3 is 6.18 Å². The number of carbonyl (C=O) groups is 11. The van der Waals surface area contributed by atoms with E-state index >= 15 is 14.4 Å². The van der Waals surface area contributed by atoms with Crippen molar-refractivity contribution in [3.8, 4) is 0 Å². The molecule has 0 unspecified atom stereocenters. The summed E-state index contributed by atoms with van der Waals surface area (Å²) in [4.78, 5) is 170. The van der Waals surface area contributed by atoms with Crippen LogP contribution in [0.15, 0.2) is 0 Å². The Kier molecular flexibility index (Phi) is 31.9. The summed E-state index contributed by atoms with van der Waals surface area (Å²) in [6.07, 6.45) is 4.30. The van der Waals surface area contributed by atoms with E-state index < -0.39 is 151 Å². The minimum atomic E-state index is -4.35. The van der Waals surface area contributed by atoms with Crippen molar-refractivity contribution in [3.63, 3.8) is 0 Å². The van der Waals surface area contributed by atoms with Gasteiger partial charge in [-0.25, -0.2) is 0 Å². The standard InChI is InChI=1S/C68H115ClF3N11O11/c1-17-43(6)60-67(94)78(11)39-58(86)76(9)40-59(87)80(13)54(37-48-25-30-50(69)31-26-48)64(91)77(10)38-56(84)74-51(32-27-46-23-28-49(29-24-46)68(70,71)72)63(90)82(15)53(34-42(4)5)65(92)83(16)55(36-47-21-19-18-20-22-47)66(93)81(14)52(33-41(2)3)62(89)73-44(7)35-57(85)79(12)45(8)61(88)75-60/h41-55,60H,17-40H2,1-16H3,(H,73,89)(H,74,84)(H,75,88)/t43-,44+,45-,46?,48?,49?,50?,51-,52-,53-,54-,55-,60-/m0/s1. The first-order chi connectivity index (χ1) is 43.9. The van der Waals surface area contributed by atoms with Gasteiger partial charge in [0.15, 0.2) is 0 Å². The summed E-state index contributed by atoms with van der Waals surface area (Å²) in [6, 6.07) is -8.87. The van der Waals surface area contributed by atoms with Gasteiger partial charge in [-0.3, -0.25) is 52.7 Å². The molecule has 11 amide bonds. The van der Waals surface area contributed by atoms with E-state index in [9.17, 15) is 51.5 Å². The third-order valence-electron chi connectivity index (χ3n) is 20.6. The SMILES string of the molecule is CC[C@H](C)[C@@H]1NC(=O)[C@H](C)N(C)C(=O)C[C@@H](C)NC(=O)[C@H](CC(C)C)N(C)C(=O)[C@H](CC2CCCCC2)N(C)C(=O)[C@H](CC(C)C)N(C)C(=O)[C@H](CCC2CCC(C(F)(F)F)CC2)NC(=O)CN(C)C(=O)[C@H](CC2CCC(Cl)CC2)N(C)C(=O)CN(C)C(=O)CN(C)C1=O. The van der Waals surface area contributed by atoms with Crippen molar-refractivity contribution in [2.24, 2.45) is 41.4 Å². The van der Waals surface area contributed by atoms with Crippen molar-refractivity contribution in [2.45, 2.75) is 250 Å². The fourth-order valence-electron chi connectivity index (χ4n) is 13.8. The number of rotatable bonds is 13. The Morgan fingerprint density at radius 1 is 0.479 bits per heavy atom. The third-order valence-corrected chi connectivity index (χ3v) is 21.0. The van der Waals surface area contributed by atoms with Gasteiger partial charge in [0.1, 0.15) is 42.3 Å². The van der Waals surface area contributed by atoms with E-state index in [0.29, 0.717) is 32.1 Å². The third kappa shape index (κ3) is 23.5. The summed E-state index contributed by atoms with van der Waals surface area (Å²) >= 11 is 6.50. The van der Waals surface area contributed by atoms with E-state index in [4.69, 9.17) is 11.6 Å². The maximum atomic E-state index is 15.5. The van der Waals surface area contributed by atoms with Crippen molar-refractivity contribution in [2.75, 3.05) is 76.0 Å². The van der Waals surface area contributed by atoms with Crippen molar-refractivity contribution < 1.29 is 65.9 Å². The maximum Gasteiger partial charge on any atom is 0.391 e. The minimum absolute atomic E-state index is 0.0177. The Hall–Kier alpha value is -5.75. The van der Waals surface area contributed by atoms with Gasteiger partial charge in [0, 0.05) is 74.2 Å². The number of carbonyl (C=O) groups excluding carboxylic acids is 11. The van der Waals surface area contributed by atoms with Crippen LogP contribution in [0.2, 0.25) is 0 Å². The van der Waals surface area contributed by atoms with Crippen molar-refractivity contribution in [1.29, 1.82) is 0 Å². The normalized spacial score (nSPS) is 29.9. The molecule has 3 N–H and O–H groups in total.